The Morgan fingerprint density at radius 2 is 1.81 bits per heavy atom. The summed E-state index contributed by atoms with van der Waals surface area (Å²) in [6, 6.07) is 8.43. The quantitative estimate of drug-likeness (QED) is 0.871. The van der Waals surface area contributed by atoms with Crippen LogP contribution in [-0.2, 0) is 4.79 Å². The maximum atomic E-state index is 12.4. The number of rotatable bonds is 5. The standard InChI is InChI=1S/C18H28N2O/c1-14-7-9-16(10-8-14)15(2)20-17(21)13-18(19-3)11-5-4-6-12-18/h7-10,15,19H,4-6,11-13H2,1-3H3,(H,20,21)/t15-/m1/s1. The molecule has 0 spiro atoms. The van der Waals surface area contributed by atoms with Crippen LogP contribution in [0.25, 0.3) is 0 Å². The highest BCUT2D eigenvalue weighted by Gasteiger charge is 2.32. The lowest BCUT2D eigenvalue weighted by Gasteiger charge is -2.37. The summed E-state index contributed by atoms with van der Waals surface area (Å²) < 4.78 is 0. The van der Waals surface area contributed by atoms with Crippen molar-refractivity contribution in [2.45, 2.75) is 64.0 Å². The Bertz CT molecular complexity index is 461. The second-order valence-corrected chi connectivity index (χ2v) is 6.47. The molecular formula is C18H28N2O. The SMILES string of the molecule is CNC1(CC(=O)N[C@H](C)c2ccc(C)cc2)CCCCC1. The smallest absolute Gasteiger partial charge is 0.222 e. The molecule has 3 nitrogen and oxygen atoms in total. The number of benzene rings is 1. The predicted octanol–water partition coefficient (Wildman–Crippen LogP) is 3.48. The first kappa shape index (κ1) is 16.0. The zero-order valence-corrected chi connectivity index (χ0v) is 13.5. The van der Waals surface area contributed by atoms with Crippen molar-refractivity contribution in [3.05, 3.63) is 35.4 Å². The molecular weight excluding hydrogens is 260 g/mol. The van der Waals surface area contributed by atoms with E-state index < -0.39 is 0 Å². The summed E-state index contributed by atoms with van der Waals surface area (Å²) in [4.78, 5) is 12.4. The number of aryl methyl sites for hydroxylation is 1. The number of hydrogen-bond acceptors (Lipinski definition) is 2. The average Bonchev–Trinajstić information content (AvgIpc) is 2.48. The molecule has 0 unspecified atom stereocenters. The van der Waals surface area contributed by atoms with Crippen LogP contribution >= 0.6 is 0 Å². The molecule has 0 heterocycles. The normalized spacial score (nSPS) is 19.0. The second-order valence-electron chi connectivity index (χ2n) is 6.47. The number of carbonyl (C=O) groups excluding carboxylic acids is 1. The number of amides is 1. The van der Waals surface area contributed by atoms with E-state index in [9.17, 15) is 4.79 Å². The molecule has 0 aromatic heterocycles. The van der Waals surface area contributed by atoms with E-state index in [2.05, 4.69) is 48.7 Å². The molecule has 1 amide bonds. The van der Waals surface area contributed by atoms with Crippen molar-refractivity contribution in [3.63, 3.8) is 0 Å². The molecule has 116 valence electrons. The first-order valence-corrected chi connectivity index (χ1v) is 8.09. The minimum absolute atomic E-state index is 0.00926. The van der Waals surface area contributed by atoms with Gasteiger partial charge in [-0.1, -0.05) is 49.1 Å². The third-order valence-corrected chi connectivity index (χ3v) is 4.79. The first-order valence-electron chi connectivity index (χ1n) is 8.09. The lowest BCUT2D eigenvalue weighted by Crippen LogP contribution is -2.48. The van der Waals surface area contributed by atoms with Crippen molar-refractivity contribution in [1.29, 1.82) is 0 Å². The van der Waals surface area contributed by atoms with Gasteiger partial charge in [-0.3, -0.25) is 4.79 Å². The fourth-order valence-electron chi connectivity index (χ4n) is 3.28. The number of nitrogens with one attached hydrogen (secondary N) is 2. The molecule has 0 radical (unpaired) electrons. The van der Waals surface area contributed by atoms with Gasteiger partial charge >= 0.3 is 0 Å². The molecule has 3 heteroatoms. The summed E-state index contributed by atoms with van der Waals surface area (Å²) >= 11 is 0. The molecule has 2 N–H and O–H groups in total. The fourth-order valence-corrected chi connectivity index (χ4v) is 3.28. The summed E-state index contributed by atoms with van der Waals surface area (Å²) in [6.07, 6.45) is 6.54. The van der Waals surface area contributed by atoms with Gasteiger partial charge in [0.15, 0.2) is 0 Å². The van der Waals surface area contributed by atoms with Gasteiger partial charge in [-0.05, 0) is 39.3 Å². The van der Waals surface area contributed by atoms with Crippen molar-refractivity contribution < 1.29 is 4.79 Å². The molecule has 0 bridgehead atoms. The van der Waals surface area contributed by atoms with Crippen LogP contribution in [0.4, 0.5) is 0 Å². The zero-order chi connectivity index (χ0) is 15.3. The zero-order valence-electron chi connectivity index (χ0n) is 13.5. The Balaban J connectivity index is 1.92. The van der Waals surface area contributed by atoms with Gasteiger partial charge in [-0.2, -0.15) is 0 Å². The van der Waals surface area contributed by atoms with Crippen molar-refractivity contribution in [2.75, 3.05) is 7.05 Å². The van der Waals surface area contributed by atoms with Crippen molar-refractivity contribution >= 4 is 5.91 Å². The highest BCUT2D eigenvalue weighted by Crippen LogP contribution is 2.30. The minimum Gasteiger partial charge on any atom is -0.350 e. The van der Waals surface area contributed by atoms with Crippen LogP contribution < -0.4 is 10.6 Å². The van der Waals surface area contributed by atoms with E-state index in [1.54, 1.807) is 0 Å². The topological polar surface area (TPSA) is 41.1 Å². The Hall–Kier alpha value is -1.35. The van der Waals surface area contributed by atoms with E-state index >= 15 is 0 Å². The fraction of sp³-hybridized carbons (Fsp3) is 0.611. The van der Waals surface area contributed by atoms with Gasteiger partial charge < -0.3 is 10.6 Å². The number of hydrogen-bond donors (Lipinski definition) is 2. The van der Waals surface area contributed by atoms with E-state index in [-0.39, 0.29) is 17.5 Å². The van der Waals surface area contributed by atoms with Gasteiger partial charge in [0.2, 0.25) is 5.91 Å². The van der Waals surface area contributed by atoms with Crippen LogP contribution in [0.15, 0.2) is 24.3 Å². The first-order chi connectivity index (χ1) is 10.0. The summed E-state index contributed by atoms with van der Waals surface area (Å²) in [5.41, 5.74) is 2.42. The lowest BCUT2D eigenvalue weighted by atomic mass is 9.79. The third-order valence-electron chi connectivity index (χ3n) is 4.79. The van der Waals surface area contributed by atoms with E-state index in [4.69, 9.17) is 0 Å². The summed E-state index contributed by atoms with van der Waals surface area (Å²) in [7, 11) is 1.99. The lowest BCUT2D eigenvalue weighted by molar-refractivity contribution is -0.123. The summed E-state index contributed by atoms with van der Waals surface area (Å²) in [5, 5.41) is 6.55. The molecule has 1 aromatic rings. The molecule has 1 aliphatic rings. The minimum atomic E-state index is 0.00926. The van der Waals surface area contributed by atoms with Gasteiger partial charge in [0.05, 0.1) is 6.04 Å². The summed E-state index contributed by atoms with van der Waals surface area (Å²) in [6.45, 7) is 4.13. The molecule has 1 aliphatic carbocycles. The highest BCUT2D eigenvalue weighted by molar-refractivity contribution is 5.77. The Kier molecular flexibility index (Phi) is 5.40. The van der Waals surface area contributed by atoms with E-state index in [1.165, 1.54) is 24.8 Å². The van der Waals surface area contributed by atoms with E-state index in [0.29, 0.717) is 6.42 Å². The van der Waals surface area contributed by atoms with Crippen LogP contribution in [0.5, 0.6) is 0 Å². The Morgan fingerprint density at radius 3 is 2.38 bits per heavy atom. The second kappa shape index (κ2) is 7.08. The van der Waals surface area contributed by atoms with Gasteiger partial charge in [0, 0.05) is 12.0 Å². The molecule has 1 fully saturated rings. The largest absolute Gasteiger partial charge is 0.350 e. The predicted molar refractivity (Wildman–Crippen MR) is 87.2 cm³/mol. The molecule has 1 saturated carbocycles. The average molecular weight is 288 g/mol. The molecule has 21 heavy (non-hydrogen) atoms. The van der Waals surface area contributed by atoms with Crippen LogP contribution in [0.2, 0.25) is 0 Å². The van der Waals surface area contributed by atoms with Gasteiger partial charge in [0.1, 0.15) is 0 Å². The van der Waals surface area contributed by atoms with Crippen LogP contribution in [-0.4, -0.2) is 18.5 Å². The van der Waals surface area contributed by atoms with Crippen molar-refractivity contribution in [3.8, 4) is 0 Å². The van der Waals surface area contributed by atoms with Gasteiger partial charge in [0.25, 0.3) is 0 Å². The molecule has 1 aromatic carbocycles. The molecule has 2 rings (SSSR count). The van der Waals surface area contributed by atoms with Gasteiger partial charge in [-0.15, -0.1) is 0 Å². The monoisotopic (exact) mass is 288 g/mol. The molecule has 0 aliphatic heterocycles. The third kappa shape index (κ3) is 4.31. The highest BCUT2D eigenvalue weighted by atomic mass is 16.1. The molecule has 1 atom stereocenters. The summed E-state index contributed by atoms with van der Waals surface area (Å²) in [5.74, 6) is 0.152. The number of carbonyl (C=O) groups is 1. The Labute approximate surface area is 128 Å². The Morgan fingerprint density at radius 1 is 1.19 bits per heavy atom. The van der Waals surface area contributed by atoms with Crippen LogP contribution in [0.1, 0.15) is 62.6 Å². The maximum absolute atomic E-state index is 12.4. The maximum Gasteiger partial charge on any atom is 0.222 e. The van der Waals surface area contributed by atoms with E-state index in [1.807, 2.05) is 7.05 Å². The molecule has 0 saturated heterocycles. The van der Waals surface area contributed by atoms with Crippen molar-refractivity contribution in [1.82, 2.24) is 10.6 Å². The van der Waals surface area contributed by atoms with E-state index in [0.717, 1.165) is 18.4 Å². The van der Waals surface area contributed by atoms with Gasteiger partial charge in [-0.25, -0.2) is 0 Å². The van der Waals surface area contributed by atoms with Crippen LogP contribution in [0.3, 0.4) is 0 Å². The van der Waals surface area contributed by atoms with Crippen molar-refractivity contribution in [2.24, 2.45) is 0 Å². The van der Waals surface area contributed by atoms with Crippen LogP contribution in [0, 0.1) is 6.92 Å².